The molecule has 1 saturated heterocycles. The zero-order chi connectivity index (χ0) is 11.6. The summed E-state index contributed by atoms with van der Waals surface area (Å²) in [6, 6.07) is 4.33. The van der Waals surface area contributed by atoms with E-state index in [9.17, 15) is 9.50 Å². The summed E-state index contributed by atoms with van der Waals surface area (Å²) in [5.41, 5.74) is -0.152. The molecule has 2 rings (SSSR count). The number of ether oxygens (including phenoxy) is 1. The van der Waals surface area contributed by atoms with Crippen molar-refractivity contribution in [2.45, 2.75) is 18.4 Å². The zero-order valence-corrected chi connectivity index (χ0v) is 10.0. The Kier molecular flexibility index (Phi) is 3.40. The van der Waals surface area contributed by atoms with Gasteiger partial charge in [0.2, 0.25) is 0 Å². The van der Waals surface area contributed by atoms with Crippen molar-refractivity contribution in [3.63, 3.8) is 0 Å². The van der Waals surface area contributed by atoms with Gasteiger partial charge < -0.3 is 9.84 Å². The van der Waals surface area contributed by atoms with Crippen LogP contribution >= 0.6 is 11.8 Å². The fraction of sp³-hybridized carbons (Fsp3) is 0.500. The maximum Gasteiger partial charge on any atom is 0.127 e. The van der Waals surface area contributed by atoms with Crippen LogP contribution in [0.25, 0.3) is 0 Å². The normalized spacial score (nSPS) is 19.4. The molecule has 1 N–H and O–H groups in total. The first-order valence-electron chi connectivity index (χ1n) is 5.30. The Morgan fingerprint density at radius 1 is 1.38 bits per heavy atom. The molecule has 0 radical (unpaired) electrons. The van der Waals surface area contributed by atoms with Crippen LogP contribution in [0.15, 0.2) is 18.2 Å². The molecule has 0 aliphatic carbocycles. The van der Waals surface area contributed by atoms with Crippen molar-refractivity contribution in [2.24, 2.45) is 0 Å². The number of hydrogen-bond donors (Lipinski definition) is 1. The second-order valence-electron chi connectivity index (χ2n) is 3.99. The smallest absolute Gasteiger partial charge is 0.127 e. The number of halogens is 1. The van der Waals surface area contributed by atoms with Gasteiger partial charge in [-0.3, -0.25) is 0 Å². The summed E-state index contributed by atoms with van der Waals surface area (Å²) in [6.45, 7) is 0. The Labute approximate surface area is 98.8 Å². The first kappa shape index (κ1) is 11.7. The molecule has 0 bridgehead atoms. The van der Waals surface area contributed by atoms with E-state index < -0.39 is 5.60 Å². The van der Waals surface area contributed by atoms with E-state index in [4.69, 9.17) is 4.74 Å². The zero-order valence-electron chi connectivity index (χ0n) is 9.20. The van der Waals surface area contributed by atoms with E-state index in [2.05, 4.69) is 0 Å². The van der Waals surface area contributed by atoms with Crippen molar-refractivity contribution in [2.75, 3.05) is 18.6 Å². The highest BCUT2D eigenvalue weighted by atomic mass is 32.2. The Morgan fingerprint density at radius 3 is 2.69 bits per heavy atom. The molecule has 1 aromatic carbocycles. The number of hydrogen-bond acceptors (Lipinski definition) is 3. The second kappa shape index (κ2) is 4.63. The number of thioether (sulfide) groups is 1. The van der Waals surface area contributed by atoms with Crippen molar-refractivity contribution in [3.05, 3.63) is 29.6 Å². The lowest BCUT2D eigenvalue weighted by atomic mass is 9.87. The third kappa shape index (κ3) is 2.18. The minimum absolute atomic E-state index is 0.339. The van der Waals surface area contributed by atoms with E-state index in [0.29, 0.717) is 24.2 Å². The van der Waals surface area contributed by atoms with Crippen LogP contribution in [0.1, 0.15) is 18.4 Å². The predicted molar refractivity (Wildman–Crippen MR) is 63.4 cm³/mol. The highest BCUT2D eigenvalue weighted by Gasteiger charge is 2.34. The van der Waals surface area contributed by atoms with Gasteiger partial charge in [0.1, 0.15) is 11.6 Å². The van der Waals surface area contributed by atoms with Gasteiger partial charge in [0.05, 0.1) is 12.7 Å². The quantitative estimate of drug-likeness (QED) is 0.864. The fourth-order valence-electron chi connectivity index (χ4n) is 2.03. The lowest BCUT2D eigenvalue weighted by molar-refractivity contribution is 0.0257. The summed E-state index contributed by atoms with van der Waals surface area (Å²) in [5, 5.41) is 10.5. The van der Waals surface area contributed by atoms with Crippen LogP contribution in [0, 0.1) is 5.82 Å². The topological polar surface area (TPSA) is 29.5 Å². The van der Waals surface area contributed by atoms with Gasteiger partial charge in [0, 0.05) is 11.6 Å². The van der Waals surface area contributed by atoms with Gasteiger partial charge in [-0.15, -0.1) is 0 Å². The van der Waals surface area contributed by atoms with Crippen LogP contribution in [0.3, 0.4) is 0 Å². The van der Waals surface area contributed by atoms with E-state index in [1.807, 2.05) is 11.8 Å². The average Bonchev–Trinajstić information content (AvgIpc) is 2.29. The molecule has 0 spiro atoms. The molecule has 0 saturated carbocycles. The first-order chi connectivity index (χ1) is 7.65. The molecule has 4 heteroatoms. The molecule has 16 heavy (non-hydrogen) atoms. The third-order valence-corrected chi connectivity index (χ3v) is 3.97. The van der Waals surface area contributed by atoms with Crippen LogP contribution in [0.4, 0.5) is 4.39 Å². The van der Waals surface area contributed by atoms with Crippen LogP contribution in [-0.2, 0) is 5.60 Å². The van der Waals surface area contributed by atoms with Gasteiger partial charge in [0.15, 0.2) is 0 Å². The molecule has 1 heterocycles. The summed E-state index contributed by atoms with van der Waals surface area (Å²) in [7, 11) is 1.50. The minimum Gasteiger partial charge on any atom is -0.496 e. The van der Waals surface area contributed by atoms with Gasteiger partial charge in [-0.1, -0.05) is 0 Å². The van der Waals surface area contributed by atoms with Crippen molar-refractivity contribution in [3.8, 4) is 5.75 Å². The van der Waals surface area contributed by atoms with E-state index in [1.54, 1.807) is 6.07 Å². The lowest BCUT2D eigenvalue weighted by Crippen LogP contribution is -2.31. The van der Waals surface area contributed by atoms with E-state index in [1.165, 1.54) is 19.2 Å². The molecule has 0 amide bonds. The molecule has 1 aromatic rings. The molecule has 1 aliphatic heterocycles. The fourth-order valence-corrected chi connectivity index (χ4v) is 3.20. The summed E-state index contributed by atoms with van der Waals surface area (Å²) in [5.74, 6) is 1.96. The van der Waals surface area contributed by atoms with Crippen LogP contribution < -0.4 is 4.74 Å². The Balaban J connectivity index is 2.37. The van der Waals surface area contributed by atoms with Gasteiger partial charge >= 0.3 is 0 Å². The summed E-state index contributed by atoms with van der Waals surface area (Å²) >= 11 is 1.83. The summed E-state index contributed by atoms with van der Waals surface area (Å²) < 4.78 is 18.2. The minimum atomic E-state index is -0.857. The molecule has 0 unspecified atom stereocenters. The van der Waals surface area contributed by atoms with Crippen LogP contribution in [0.5, 0.6) is 5.75 Å². The average molecular weight is 242 g/mol. The van der Waals surface area contributed by atoms with Crippen molar-refractivity contribution >= 4 is 11.8 Å². The molecular formula is C12H15FO2S. The summed E-state index contributed by atoms with van der Waals surface area (Å²) in [4.78, 5) is 0. The Bertz CT molecular complexity index is 375. The monoisotopic (exact) mass is 242 g/mol. The van der Waals surface area contributed by atoms with E-state index in [0.717, 1.165) is 11.5 Å². The van der Waals surface area contributed by atoms with Gasteiger partial charge in [-0.05, 0) is 36.5 Å². The molecule has 2 nitrogen and oxygen atoms in total. The number of rotatable bonds is 2. The van der Waals surface area contributed by atoms with Gasteiger partial charge in [-0.2, -0.15) is 11.8 Å². The van der Waals surface area contributed by atoms with Gasteiger partial charge in [0.25, 0.3) is 0 Å². The highest BCUT2D eigenvalue weighted by molar-refractivity contribution is 7.99. The Hall–Kier alpha value is -0.740. The van der Waals surface area contributed by atoms with Crippen LogP contribution in [-0.4, -0.2) is 23.7 Å². The number of aliphatic hydroxyl groups is 1. The molecule has 0 aromatic heterocycles. The number of benzene rings is 1. The SMILES string of the molecule is COc1cc(F)ccc1C1(O)CCSCC1. The van der Waals surface area contributed by atoms with Crippen molar-refractivity contribution < 1.29 is 14.2 Å². The number of methoxy groups -OCH3 is 1. The Morgan fingerprint density at radius 2 is 2.06 bits per heavy atom. The standard InChI is InChI=1S/C12H15FO2S/c1-15-11-8-9(13)2-3-10(11)12(14)4-6-16-7-5-12/h2-3,8,14H,4-7H2,1H3. The summed E-state index contributed by atoms with van der Waals surface area (Å²) in [6.07, 6.45) is 1.39. The van der Waals surface area contributed by atoms with Crippen molar-refractivity contribution in [1.82, 2.24) is 0 Å². The first-order valence-corrected chi connectivity index (χ1v) is 6.45. The van der Waals surface area contributed by atoms with Crippen LogP contribution in [0.2, 0.25) is 0 Å². The van der Waals surface area contributed by atoms with Gasteiger partial charge in [-0.25, -0.2) is 4.39 Å². The molecule has 1 aliphatic rings. The maximum absolute atomic E-state index is 13.1. The van der Waals surface area contributed by atoms with E-state index in [-0.39, 0.29) is 5.82 Å². The molecular weight excluding hydrogens is 227 g/mol. The molecule has 0 atom stereocenters. The predicted octanol–water partition coefficient (Wildman–Crippen LogP) is 2.55. The molecule has 1 fully saturated rings. The molecule has 88 valence electrons. The third-order valence-electron chi connectivity index (χ3n) is 2.98. The van der Waals surface area contributed by atoms with Crippen molar-refractivity contribution in [1.29, 1.82) is 0 Å². The maximum atomic E-state index is 13.1. The largest absolute Gasteiger partial charge is 0.496 e. The second-order valence-corrected chi connectivity index (χ2v) is 5.21. The lowest BCUT2D eigenvalue weighted by Gasteiger charge is -2.33. The highest BCUT2D eigenvalue weighted by Crippen LogP contribution is 2.40. The van der Waals surface area contributed by atoms with E-state index >= 15 is 0 Å².